The highest BCUT2D eigenvalue weighted by Crippen LogP contribution is 2.33. The van der Waals surface area contributed by atoms with Crippen LogP contribution in [0.4, 0.5) is 0 Å². The summed E-state index contributed by atoms with van der Waals surface area (Å²) in [6.45, 7) is 26.0. The fraction of sp³-hybridized carbons (Fsp3) is 0.429. The van der Waals surface area contributed by atoms with Crippen molar-refractivity contribution in [2.24, 2.45) is 11.3 Å². The molecular formula is C28H40. The van der Waals surface area contributed by atoms with E-state index in [-0.39, 0.29) is 5.41 Å². The van der Waals surface area contributed by atoms with E-state index in [1.165, 1.54) is 33.4 Å². The minimum atomic E-state index is 0.272. The average molecular weight is 377 g/mol. The Kier molecular flexibility index (Phi) is 8.95. The molecule has 1 rings (SSSR count). The van der Waals surface area contributed by atoms with E-state index in [2.05, 4.69) is 98.1 Å². The summed E-state index contributed by atoms with van der Waals surface area (Å²) in [5, 5.41) is 0. The highest BCUT2D eigenvalue weighted by Gasteiger charge is 2.21. The molecule has 1 atom stereocenters. The van der Waals surface area contributed by atoms with Crippen LogP contribution in [0.15, 0.2) is 66.3 Å². The van der Waals surface area contributed by atoms with Crippen LogP contribution >= 0.6 is 0 Å². The topological polar surface area (TPSA) is 0 Å². The fourth-order valence-electron chi connectivity index (χ4n) is 3.56. The van der Waals surface area contributed by atoms with Crippen molar-refractivity contribution in [2.45, 2.75) is 68.2 Å². The van der Waals surface area contributed by atoms with Crippen LogP contribution in [0.3, 0.4) is 0 Å². The van der Waals surface area contributed by atoms with Crippen molar-refractivity contribution in [3.63, 3.8) is 0 Å². The Balaban J connectivity index is 3.27. The number of benzene rings is 1. The molecule has 0 amide bonds. The molecule has 1 aromatic rings. The van der Waals surface area contributed by atoms with Crippen molar-refractivity contribution in [1.29, 1.82) is 0 Å². The molecule has 0 aliphatic heterocycles. The molecule has 0 saturated heterocycles. The van der Waals surface area contributed by atoms with E-state index in [1.807, 2.05) is 13.0 Å². The molecule has 0 aliphatic carbocycles. The summed E-state index contributed by atoms with van der Waals surface area (Å²) in [4.78, 5) is 0. The van der Waals surface area contributed by atoms with Crippen molar-refractivity contribution in [2.75, 3.05) is 0 Å². The molecule has 0 bridgehead atoms. The van der Waals surface area contributed by atoms with Gasteiger partial charge in [-0.05, 0) is 78.4 Å². The van der Waals surface area contributed by atoms with Crippen LogP contribution in [0.1, 0.15) is 78.0 Å². The lowest BCUT2D eigenvalue weighted by atomic mass is 9.77. The summed E-state index contributed by atoms with van der Waals surface area (Å²) in [7, 11) is 0. The number of rotatable bonds is 8. The second-order valence-corrected chi connectivity index (χ2v) is 8.97. The normalized spacial score (nSPS) is 14.8. The first kappa shape index (κ1) is 24.0. The Morgan fingerprint density at radius 3 is 2.21 bits per heavy atom. The van der Waals surface area contributed by atoms with Crippen LogP contribution in [0.2, 0.25) is 0 Å². The predicted octanol–water partition coefficient (Wildman–Crippen LogP) is 8.95. The zero-order valence-electron chi connectivity index (χ0n) is 19.4. The van der Waals surface area contributed by atoms with Gasteiger partial charge in [0.2, 0.25) is 0 Å². The molecule has 0 nitrogen and oxygen atoms in total. The van der Waals surface area contributed by atoms with Gasteiger partial charge in [-0.25, -0.2) is 0 Å². The van der Waals surface area contributed by atoms with Crippen molar-refractivity contribution < 1.29 is 0 Å². The van der Waals surface area contributed by atoms with E-state index >= 15 is 0 Å². The van der Waals surface area contributed by atoms with E-state index in [0.29, 0.717) is 5.92 Å². The first-order valence-electron chi connectivity index (χ1n) is 10.5. The highest BCUT2D eigenvalue weighted by molar-refractivity contribution is 5.67. The molecule has 0 heteroatoms. The monoisotopic (exact) mass is 376 g/mol. The van der Waals surface area contributed by atoms with Gasteiger partial charge in [0.05, 0.1) is 0 Å². The Hall–Kier alpha value is -2.08. The molecule has 1 aromatic carbocycles. The van der Waals surface area contributed by atoms with Gasteiger partial charge >= 0.3 is 0 Å². The average Bonchev–Trinajstić information content (AvgIpc) is 2.61. The molecule has 0 saturated carbocycles. The molecule has 28 heavy (non-hydrogen) atoms. The molecule has 0 heterocycles. The summed E-state index contributed by atoms with van der Waals surface area (Å²) in [5.41, 5.74) is 8.97. The number of aryl methyl sites for hydroxylation is 1. The Bertz CT molecular complexity index is 788. The summed E-state index contributed by atoms with van der Waals surface area (Å²) >= 11 is 0. The van der Waals surface area contributed by atoms with Crippen molar-refractivity contribution in [1.82, 2.24) is 0 Å². The number of hydrogen-bond acceptors (Lipinski definition) is 0. The molecular weight excluding hydrogens is 336 g/mol. The van der Waals surface area contributed by atoms with Gasteiger partial charge in [-0.3, -0.25) is 0 Å². The van der Waals surface area contributed by atoms with Crippen LogP contribution in [0.25, 0.3) is 11.6 Å². The maximum absolute atomic E-state index is 4.09. The molecule has 0 spiro atoms. The zero-order valence-corrected chi connectivity index (χ0v) is 19.4. The fourth-order valence-corrected chi connectivity index (χ4v) is 3.56. The third-order valence-corrected chi connectivity index (χ3v) is 5.46. The van der Waals surface area contributed by atoms with E-state index < -0.39 is 0 Å². The van der Waals surface area contributed by atoms with Crippen LogP contribution in [-0.2, 0) is 0 Å². The third-order valence-electron chi connectivity index (χ3n) is 5.46. The van der Waals surface area contributed by atoms with E-state index in [1.54, 1.807) is 0 Å². The minimum Gasteiger partial charge on any atom is -0.0985 e. The van der Waals surface area contributed by atoms with Gasteiger partial charge < -0.3 is 0 Å². The largest absolute Gasteiger partial charge is 0.0985 e. The van der Waals surface area contributed by atoms with Gasteiger partial charge in [0.15, 0.2) is 0 Å². The summed E-state index contributed by atoms with van der Waals surface area (Å²) in [6, 6.07) is 6.55. The van der Waals surface area contributed by atoms with Crippen molar-refractivity contribution in [3.05, 3.63) is 83.0 Å². The Labute approximate surface area is 174 Å². The van der Waals surface area contributed by atoms with Gasteiger partial charge in [0.1, 0.15) is 0 Å². The van der Waals surface area contributed by atoms with Crippen LogP contribution in [0.5, 0.6) is 0 Å². The molecule has 152 valence electrons. The SMILES string of the molecule is C=CC(=C\C(C)=Cc1ccc(C(=C)C)cc1C)/C(=C/C(CC)C(C)(C)C)CC. The van der Waals surface area contributed by atoms with Crippen LogP contribution in [-0.4, -0.2) is 0 Å². The number of allylic oxidation sites excluding steroid dienone is 7. The van der Waals surface area contributed by atoms with Crippen molar-refractivity contribution >= 4 is 11.6 Å². The van der Waals surface area contributed by atoms with Crippen LogP contribution < -0.4 is 0 Å². The lowest BCUT2D eigenvalue weighted by molar-refractivity contribution is 0.285. The summed E-state index contributed by atoms with van der Waals surface area (Å²) < 4.78 is 0. The smallest absolute Gasteiger partial charge is 0.0181 e. The molecule has 1 unspecified atom stereocenters. The third kappa shape index (κ3) is 6.82. The van der Waals surface area contributed by atoms with E-state index in [9.17, 15) is 0 Å². The molecule has 0 aromatic heterocycles. The van der Waals surface area contributed by atoms with Gasteiger partial charge in [0.25, 0.3) is 0 Å². The number of hydrogen-bond donors (Lipinski definition) is 0. The lowest BCUT2D eigenvalue weighted by Gasteiger charge is -2.28. The first-order valence-corrected chi connectivity index (χ1v) is 10.5. The standard InChI is InChI=1S/C28H40/c1-11-23(24(12-2)19-27(13-3)28(8,9)10)16-21(6)17-26-15-14-25(20(4)5)18-22(26)7/h11,14-19,27H,1,4,12-13H2,2-3,5-10H3/b21-17?,23-16+,24-19+. The van der Waals surface area contributed by atoms with Crippen LogP contribution in [0, 0.1) is 18.3 Å². The maximum atomic E-state index is 4.09. The summed E-state index contributed by atoms with van der Waals surface area (Å²) in [6.07, 6.45) is 11.2. The van der Waals surface area contributed by atoms with E-state index in [4.69, 9.17) is 0 Å². The minimum absolute atomic E-state index is 0.272. The lowest BCUT2D eigenvalue weighted by Crippen LogP contribution is -2.18. The molecule has 0 aliphatic rings. The second kappa shape index (κ2) is 10.5. The maximum Gasteiger partial charge on any atom is -0.0181 e. The van der Waals surface area contributed by atoms with Crippen molar-refractivity contribution in [3.8, 4) is 0 Å². The Morgan fingerprint density at radius 1 is 1.14 bits per heavy atom. The van der Waals surface area contributed by atoms with Gasteiger partial charge in [0, 0.05) is 0 Å². The second-order valence-electron chi connectivity index (χ2n) is 8.97. The first-order chi connectivity index (χ1) is 13.0. The highest BCUT2D eigenvalue weighted by atomic mass is 14.3. The van der Waals surface area contributed by atoms with Gasteiger partial charge in [-0.15, -0.1) is 0 Å². The zero-order chi connectivity index (χ0) is 21.5. The quantitative estimate of drug-likeness (QED) is 0.397. The molecule has 0 N–H and O–H groups in total. The Morgan fingerprint density at radius 2 is 1.79 bits per heavy atom. The van der Waals surface area contributed by atoms with Gasteiger partial charge in [-0.1, -0.05) is 95.9 Å². The predicted molar refractivity (Wildman–Crippen MR) is 129 cm³/mol. The molecule has 0 radical (unpaired) electrons. The summed E-state index contributed by atoms with van der Waals surface area (Å²) in [5.74, 6) is 0.562. The molecule has 0 fully saturated rings. The van der Waals surface area contributed by atoms with E-state index in [0.717, 1.165) is 18.4 Å². The van der Waals surface area contributed by atoms with Gasteiger partial charge in [-0.2, -0.15) is 0 Å².